The number of rotatable bonds is 18. The van der Waals surface area contributed by atoms with Gasteiger partial charge in [0.15, 0.2) is 0 Å². The van der Waals surface area contributed by atoms with Crippen LogP contribution in [0.1, 0.15) is 129 Å². The second-order valence-corrected chi connectivity index (χ2v) is 7.91. The Labute approximate surface area is 159 Å². The van der Waals surface area contributed by atoms with Gasteiger partial charge in [-0.15, -0.1) is 12.4 Å². The third-order valence-corrected chi connectivity index (χ3v) is 5.30. The Morgan fingerprint density at radius 3 is 1.04 bits per heavy atom. The van der Waals surface area contributed by atoms with E-state index in [9.17, 15) is 0 Å². The first kappa shape index (κ1) is 25.9. The van der Waals surface area contributed by atoms with Crippen molar-refractivity contribution in [2.75, 3.05) is 0 Å². The van der Waals surface area contributed by atoms with Gasteiger partial charge in [0.2, 0.25) is 0 Å². The van der Waals surface area contributed by atoms with Crippen LogP contribution < -0.4 is 0 Å². The van der Waals surface area contributed by atoms with Crippen molar-refractivity contribution in [1.29, 1.82) is 0 Å². The maximum atomic E-state index is 4.77. The standard InChI is InChI=1S/C21H44S.ClH/c1-3-5-7-9-11-13-15-17-19-21(22)20-18-16-14-12-10-8-6-4-2;/h21-22H,3-20H2,1-2H3;1H. The van der Waals surface area contributed by atoms with Crippen LogP contribution in [-0.2, 0) is 0 Å². The van der Waals surface area contributed by atoms with E-state index in [2.05, 4.69) is 13.8 Å². The molecule has 0 amide bonds. The quantitative estimate of drug-likeness (QED) is 0.182. The lowest BCUT2D eigenvalue weighted by Gasteiger charge is -2.10. The molecule has 142 valence electrons. The summed E-state index contributed by atoms with van der Waals surface area (Å²) in [6, 6.07) is 0. The number of thiol groups is 1. The predicted molar refractivity (Wildman–Crippen MR) is 114 cm³/mol. The van der Waals surface area contributed by atoms with Crippen LogP contribution in [-0.4, -0.2) is 5.25 Å². The average molecular weight is 365 g/mol. The summed E-state index contributed by atoms with van der Waals surface area (Å²) >= 11 is 4.77. The van der Waals surface area contributed by atoms with E-state index in [1.54, 1.807) is 0 Å². The van der Waals surface area contributed by atoms with Crippen LogP contribution in [0.25, 0.3) is 0 Å². The topological polar surface area (TPSA) is 0 Å². The van der Waals surface area contributed by atoms with Crippen LogP contribution in [0, 0.1) is 0 Å². The zero-order valence-corrected chi connectivity index (χ0v) is 17.9. The highest BCUT2D eigenvalue weighted by molar-refractivity contribution is 7.80. The summed E-state index contributed by atoms with van der Waals surface area (Å²) in [6.07, 6.45) is 25.5. The van der Waals surface area contributed by atoms with E-state index in [1.165, 1.54) is 116 Å². The molecular formula is C21H45ClS. The Morgan fingerprint density at radius 1 is 0.478 bits per heavy atom. The van der Waals surface area contributed by atoms with Crippen LogP contribution >= 0.6 is 25.0 Å². The molecule has 0 saturated heterocycles. The zero-order chi connectivity index (χ0) is 16.3. The smallest absolute Gasteiger partial charge is 0.00168 e. The minimum atomic E-state index is 0. The molecule has 0 radical (unpaired) electrons. The summed E-state index contributed by atoms with van der Waals surface area (Å²) in [5.41, 5.74) is 0. The summed E-state index contributed by atoms with van der Waals surface area (Å²) in [7, 11) is 0. The third kappa shape index (κ3) is 22.6. The molecule has 0 heterocycles. The molecule has 0 aromatic rings. The minimum Gasteiger partial charge on any atom is -0.176 e. The van der Waals surface area contributed by atoms with Gasteiger partial charge in [-0.05, 0) is 12.8 Å². The van der Waals surface area contributed by atoms with Gasteiger partial charge in [-0.1, -0.05) is 117 Å². The highest BCUT2D eigenvalue weighted by Gasteiger charge is 2.02. The molecule has 0 aliphatic heterocycles. The average Bonchev–Trinajstić information content (AvgIpc) is 2.52. The fraction of sp³-hybridized carbons (Fsp3) is 1.00. The van der Waals surface area contributed by atoms with E-state index in [0.717, 1.165) is 0 Å². The van der Waals surface area contributed by atoms with Crippen LogP contribution in [0.4, 0.5) is 0 Å². The molecular weight excluding hydrogens is 320 g/mol. The molecule has 0 bridgehead atoms. The van der Waals surface area contributed by atoms with E-state index >= 15 is 0 Å². The lowest BCUT2D eigenvalue weighted by Crippen LogP contribution is -1.98. The highest BCUT2D eigenvalue weighted by Crippen LogP contribution is 2.18. The molecule has 0 atom stereocenters. The zero-order valence-electron chi connectivity index (χ0n) is 16.2. The molecule has 0 aromatic heterocycles. The van der Waals surface area contributed by atoms with Crippen molar-refractivity contribution in [2.45, 2.75) is 135 Å². The molecule has 0 spiro atoms. The van der Waals surface area contributed by atoms with Gasteiger partial charge in [0.25, 0.3) is 0 Å². The van der Waals surface area contributed by atoms with E-state index in [0.29, 0.717) is 5.25 Å². The first-order valence-electron chi connectivity index (χ1n) is 10.5. The third-order valence-electron chi connectivity index (χ3n) is 4.78. The molecule has 0 fully saturated rings. The first-order valence-corrected chi connectivity index (χ1v) is 11.0. The van der Waals surface area contributed by atoms with Crippen LogP contribution in [0.5, 0.6) is 0 Å². The normalized spacial score (nSPS) is 11.0. The second kappa shape index (κ2) is 22.6. The van der Waals surface area contributed by atoms with Gasteiger partial charge in [0, 0.05) is 5.25 Å². The number of halogens is 1. The van der Waals surface area contributed by atoms with E-state index in [-0.39, 0.29) is 12.4 Å². The molecule has 0 rings (SSSR count). The Bertz CT molecular complexity index is 176. The lowest BCUT2D eigenvalue weighted by molar-refractivity contribution is 0.532. The fourth-order valence-corrected chi connectivity index (χ4v) is 3.54. The van der Waals surface area contributed by atoms with Crippen molar-refractivity contribution in [3.63, 3.8) is 0 Å². The number of unbranched alkanes of at least 4 members (excludes halogenated alkanes) is 14. The SMILES string of the molecule is CCCCCCCCCCC(S)CCCCCCCCCC.Cl. The molecule has 0 aromatic carbocycles. The molecule has 0 aliphatic rings. The fourth-order valence-electron chi connectivity index (χ4n) is 3.17. The Morgan fingerprint density at radius 2 is 0.739 bits per heavy atom. The number of hydrogen-bond acceptors (Lipinski definition) is 1. The summed E-state index contributed by atoms with van der Waals surface area (Å²) in [6.45, 7) is 4.58. The van der Waals surface area contributed by atoms with Crippen molar-refractivity contribution >= 4 is 25.0 Å². The van der Waals surface area contributed by atoms with E-state index in [4.69, 9.17) is 12.6 Å². The monoisotopic (exact) mass is 364 g/mol. The van der Waals surface area contributed by atoms with Crippen molar-refractivity contribution in [2.24, 2.45) is 0 Å². The summed E-state index contributed by atoms with van der Waals surface area (Å²) in [5, 5.41) is 0.667. The van der Waals surface area contributed by atoms with Gasteiger partial charge in [-0.2, -0.15) is 12.6 Å². The minimum absolute atomic E-state index is 0. The Balaban J connectivity index is 0. The maximum absolute atomic E-state index is 4.77. The van der Waals surface area contributed by atoms with Gasteiger partial charge in [0.1, 0.15) is 0 Å². The molecule has 23 heavy (non-hydrogen) atoms. The van der Waals surface area contributed by atoms with Crippen molar-refractivity contribution in [1.82, 2.24) is 0 Å². The van der Waals surface area contributed by atoms with Gasteiger partial charge < -0.3 is 0 Å². The molecule has 0 nitrogen and oxygen atoms in total. The first-order chi connectivity index (χ1) is 10.8. The van der Waals surface area contributed by atoms with Crippen LogP contribution in [0.3, 0.4) is 0 Å². The highest BCUT2D eigenvalue weighted by atomic mass is 35.5. The molecule has 0 aliphatic carbocycles. The molecule has 2 heteroatoms. The molecule has 0 unspecified atom stereocenters. The Hall–Kier alpha value is 0.640. The maximum Gasteiger partial charge on any atom is 0.00168 e. The second-order valence-electron chi connectivity index (χ2n) is 7.18. The summed E-state index contributed by atoms with van der Waals surface area (Å²) in [4.78, 5) is 0. The van der Waals surface area contributed by atoms with Gasteiger partial charge in [-0.3, -0.25) is 0 Å². The predicted octanol–water partition coefficient (Wildman–Crippen LogP) is 8.77. The largest absolute Gasteiger partial charge is 0.176 e. The van der Waals surface area contributed by atoms with Crippen molar-refractivity contribution in [3.8, 4) is 0 Å². The van der Waals surface area contributed by atoms with Gasteiger partial charge in [0.05, 0.1) is 0 Å². The summed E-state index contributed by atoms with van der Waals surface area (Å²) < 4.78 is 0. The van der Waals surface area contributed by atoms with Crippen LogP contribution in [0.2, 0.25) is 0 Å². The lowest BCUT2D eigenvalue weighted by atomic mass is 10.0. The van der Waals surface area contributed by atoms with E-state index < -0.39 is 0 Å². The number of hydrogen-bond donors (Lipinski definition) is 1. The van der Waals surface area contributed by atoms with E-state index in [1.807, 2.05) is 0 Å². The Kier molecular flexibility index (Phi) is 25.5. The van der Waals surface area contributed by atoms with Gasteiger partial charge in [-0.25, -0.2) is 0 Å². The van der Waals surface area contributed by atoms with Crippen LogP contribution in [0.15, 0.2) is 0 Å². The molecule has 0 saturated carbocycles. The van der Waals surface area contributed by atoms with Crippen molar-refractivity contribution in [3.05, 3.63) is 0 Å². The summed E-state index contributed by atoms with van der Waals surface area (Å²) in [5.74, 6) is 0. The van der Waals surface area contributed by atoms with Crippen molar-refractivity contribution < 1.29 is 0 Å². The van der Waals surface area contributed by atoms with Gasteiger partial charge >= 0.3 is 0 Å². The molecule has 0 N–H and O–H groups in total.